The van der Waals surface area contributed by atoms with Crippen molar-refractivity contribution in [1.29, 1.82) is 0 Å². The summed E-state index contributed by atoms with van der Waals surface area (Å²) in [5, 5.41) is 8.99. The van der Waals surface area contributed by atoms with E-state index in [-0.39, 0.29) is 28.6 Å². The van der Waals surface area contributed by atoms with Crippen LogP contribution in [0.4, 0.5) is 42.7 Å². The van der Waals surface area contributed by atoms with Crippen molar-refractivity contribution >= 4 is 35.6 Å². The molecule has 1 saturated heterocycles. The molecule has 1 aromatic heterocycles. The topological polar surface area (TPSA) is 94.3 Å². The maximum absolute atomic E-state index is 12.9. The van der Waals surface area contributed by atoms with Crippen molar-refractivity contribution in [1.82, 2.24) is 4.90 Å². The average molecular weight is 519 g/mol. The van der Waals surface area contributed by atoms with Gasteiger partial charge in [-0.1, -0.05) is 0 Å². The van der Waals surface area contributed by atoms with Gasteiger partial charge in [-0.25, -0.2) is 14.5 Å². The zero-order chi connectivity index (χ0) is 26.8. The summed E-state index contributed by atoms with van der Waals surface area (Å²) >= 11 is 0. The standard InChI is InChI=1S/C22H19F6N3O5/c1-29-16(18(32)31(20(29)35)14-4-2-13(3-5-14)19(33)34)12-15-6-7-17(36-15)30(10-8-21(23,24)25)11-9-22(26,27)28/h2-7,12H,8-11H2,1H3,(H,33,34). The predicted octanol–water partition coefficient (Wildman–Crippen LogP) is 5.13. The monoisotopic (exact) mass is 519 g/mol. The van der Waals surface area contributed by atoms with Crippen molar-refractivity contribution in [3.8, 4) is 0 Å². The molecule has 0 bridgehead atoms. The number of aromatic carboxylic acids is 1. The molecule has 0 radical (unpaired) electrons. The molecule has 0 saturated carbocycles. The highest BCUT2D eigenvalue weighted by Crippen LogP contribution is 2.31. The van der Waals surface area contributed by atoms with Crippen LogP contribution >= 0.6 is 0 Å². The second kappa shape index (κ2) is 9.95. The number of amides is 3. The van der Waals surface area contributed by atoms with Crippen molar-refractivity contribution in [2.24, 2.45) is 0 Å². The number of carbonyl (C=O) groups excluding carboxylic acids is 2. The van der Waals surface area contributed by atoms with Crippen LogP contribution in [0.2, 0.25) is 0 Å². The molecule has 0 spiro atoms. The summed E-state index contributed by atoms with van der Waals surface area (Å²) in [6.45, 7) is -1.55. The maximum atomic E-state index is 12.9. The van der Waals surface area contributed by atoms with Gasteiger partial charge in [0.1, 0.15) is 11.5 Å². The van der Waals surface area contributed by atoms with Gasteiger partial charge in [-0.05, 0) is 30.3 Å². The quantitative estimate of drug-likeness (QED) is 0.295. The second-order valence-electron chi connectivity index (χ2n) is 7.76. The summed E-state index contributed by atoms with van der Waals surface area (Å²) in [6.07, 6.45) is -10.8. The number of carboxylic acids is 1. The van der Waals surface area contributed by atoms with Gasteiger partial charge in [0, 0.05) is 32.3 Å². The molecular formula is C22H19F6N3O5. The molecule has 2 heterocycles. The molecule has 0 atom stereocenters. The summed E-state index contributed by atoms with van der Waals surface area (Å²) in [6, 6.07) is 6.58. The van der Waals surface area contributed by atoms with E-state index >= 15 is 0 Å². The van der Waals surface area contributed by atoms with Gasteiger partial charge in [0.25, 0.3) is 5.91 Å². The molecule has 1 aliphatic heterocycles. The van der Waals surface area contributed by atoms with Gasteiger partial charge in [0.2, 0.25) is 0 Å². The highest BCUT2D eigenvalue weighted by molar-refractivity contribution is 6.28. The number of carboxylic acid groups (broad SMARTS) is 1. The molecule has 1 N–H and O–H groups in total. The molecule has 14 heteroatoms. The molecular weight excluding hydrogens is 500 g/mol. The van der Waals surface area contributed by atoms with E-state index in [1.807, 2.05) is 0 Å². The Labute approximate surface area is 200 Å². The average Bonchev–Trinajstić information content (AvgIpc) is 3.31. The van der Waals surface area contributed by atoms with Gasteiger partial charge in [0.15, 0.2) is 5.88 Å². The molecule has 1 fully saturated rings. The number of alkyl halides is 6. The van der Waals surface area contributed by atoms with E-state index < -0.39 is 56.2 Å². The molecule has 2 aromatic rings. The fourth-order valence-electron chi connectivity index (χ4n) is 3.32. The van der Waals surface area contributed by atoms with Crippen molar-refractivity contribution in [3.05, 3.63) is 53.4 Å². The Morgan fingerprint density at radius 1 is 0.972 bits per heavy atom. The van der Waals surface area contributed by atoms with Gasteiger partial charge in [-0.2, -0.15) is 26.3 Å². The number of hydrogen-bond donors (Lipinski definition) is 1. The fraction of sp³-hybridized carbons (Fsp3) is 0.318. The van der Waals surface area contributed by atoms with Crippen LogP contribution in [0.1, 0.15) is 29.0 Å². The number of benzene rings is 1. The predicted molar refractivity (Wildman–Crippen MR) is 114 cm³/mol. The van der Waals surface area contributed by atoms with Crippen molar-refractivity contribution in [2.45, 2.75) is 25.2 Å². The summed E-state index contributed by atoms with van der Waals surface area (Å²) in [4.78, 5) is 39.1. The molecule has 0 unspecified atom stereocenters. The summed E-state index contributed by atoms with van der Waals surface area (Å²) in [5.41, 5.74) is -0.151. The smallest absolute Gasteiger partial charge is 0.390 e. The third-order valence-electron chi connectivity index (χ3n) is 5.17. The van der Waals surface area contributed by atoms with E-state index in [2.05, 4.69) is 0 Å². The van der Waals surface area contributed by atoms with Crippen LogP contribution in [0.25, 0.3) is 6.08 Å². The molecule has 194 valence electrons. The van der Waals surface area contributed by atoms with Crippen LogP contribution in [-0.4, -0.2) is 60.4 Å². The molecule has 1 aromatic carbocycles. The Morgan fingerprint density at radius 2 is 1.53 bits per heavy atom. The molecule has 3 amide bonds. The molecule has 0 aliphatic carbocycles. The highest BCUT2D eigenvalue weighted by Gasteiger charge is 2.40. The van der Waals surface area contributed by atoms with Gasteiger partial charge in [-0.3, -0.25) is 9.69 Å². The van der Waals surface area contributed by atoms with Crippen LogP contribution in [0.15, 0.2) is 46.5 Å². The molecule has 1 aliphatic rings. The van der Waals surface area contributed by atoms with Gasteiger partial charge >= 0.3 is 24.4 Å². The number of anilines is 2. The molecule has 8 nitrogen and oxygen atoms in total. The first-order chi connectivity index (χ1) is 16.7. The van der Waals surface area contributed by atoms with Crippen molar-refractivity contribution in [3.63, 3.8) is 0 Å². The number of nitrogens with zero attached hydrogens (tertiary/aromatic N) is 3. The minimum Gasteiger partial charge on any atom is -0.478 e. The first-order valence-electron chi connectivity index (χ1n) is 10.3. The van der Waals surface area contributed by atoms with Gasteiger partial charge < -0.3 is 14.4 Å². The number of carbonyl (C=O) groups is 3. The largest absolute Gasteiger partial charge is 0.478 e. The van der Waals surface area contributed by atoms with Crippen LogP contribution in [0.3, 0.4) is 0 Å². The SMILES string of the molecule is CN1C(=O)N(c2ccc(C(=O)O)cc2)C(=O)C1=Cc1ccc(N(CCC(F)(F)F)CCC(F)(F)F)o1. The van der Waals surface area contributed by atoms with Gasteiger partial charge in [-0.15, -0.1) is 0 Å². The lowest BCUT2D eigenvalue weighted by Crippen LogP contribution is -2.31. The first kappa shape index (κ1) is 26.6. The molecule has 3 rings (SSSR count). The Bertz CT molecular complexity index is 1150. The lowest BCUT2D eigenvalue weighted by molar-refractivity contribution is -0.135. The zero-order valence-electron chi connectivity index (χ0n) is 18.6. The minimum atomic E-state index is -4.60. The van der Waals surface area contributed by atoms with E-state index in [1.54, 1.807) is 0 Å². The Kier molecular flexibility index (Phi) is 7.36. The van der Waals surface area contributed by atoms with E-state index in [0.29, 0.717) is 0 Å². The summed E-state index contributed by atoms with van der Waals surface area (Å²) < 4.78 is 81.3. The number of likely N-dealkylation sites (N-methyl/N-ethyl adjacent to an activating group) is 1. The van der Waals surface area contributed by atoms with Crippen molar-refractivity contribution < 1.29 is 50.2 Å². The Morgan fingerprint density at radius 3 is 2.03 bits per heavy atom. The Hall–Kier alpha value is -3.97. The molecule has 36 heavy (non-hydrogen) atoms. The van der Waals surface area contributed by atoms with E-state index in [0.717, 1.165) is 20.8 Å². The van der Waals surface area contributed by atoms with Gasteiger partial charge in [0.05, 0.1) is 24.1 Å². The summed E-state index contributed by atoms with van der Waals surface area (Å²) in [5.74, 6) is -2.35. The first-order valence-corrected chi connectivity index (χ1v) is 10.3. The normalized spacial score (nSPS) is 15.8. The minimum absolute atomic E-state index is 0.0642. The van der Waals surface area contributed by atoms with Crippen molar-refractivity contribution in [2.75, 3.05) is 29.9 Å². The third kappa shape index (κ3) is 6.37. The second-order valence-corrected chi connectivity index (χ2v) is 7.76. The maximum Gasteiger partial charge on any atom is 0.390 e. The lowest BCUT2D eigenvalue weighted by Gasteiger charge is -2.23. The van der Waals surface area contributed by atoms with Crippen LogP contribution in [-0.2, 0) is 4.79 Å². The van der Waals surface area contributed by atoms with E-state index in [4.69, 9.17) is 9.52 Å². The zero-order valence-corrected chi connectivity index (χ0v) is 18.6. The van der Waals surface area contributed by atoms with E-state index in [1.165, 1.54) is 43.4 Å². The van der Waals surface area contributed by atoms with Crippen LogP contribution in [0, 0.1) is 0 Å². The number of rotatable bonds is 8. The number of furan rings is 1. The highest BCUT2D eigenvalue weighted by atomic mass is 19.4. The fourth-order valence-corrected chi connectivity index (χ4v) is 3.32. The van der Waals surface area contributed by atoms with E-state index in [9.17, 15) is 40.7 Å². The Balaban J connectivity index is 1.84. The third-order valence-corrected chi connectivity index (χ3v) is 5.17. The van der Waals surface area contributed by atoms with Crippen LogP contribution in [0.5, 0.6) is 0 Å². The number of halogens is 6. The number of imide groups is 1. The number of urea groups is 1. The number of hydrogen-bond acceptors (Lipinski definition) is 5. The summed E-state index contributed by atoms with van der Waals surface area (Å²) in [7, 11) is 1.28. The van der Waals surface area contributed by atoms with Crippen LogP contribution < -0.4 is 9.80 Å². The lowest BCUT2D eigenvalue weighted by atomic mass is 10.2.